The summed E-state index contributed by atoms with van der Waals surface area (Å²) < 4.78 is 42.3. The largest absolute Gasteiger partial charge is 0.381 e. The predicted octanol–water partition coefficient (Wildman–Crippen LogP) is 1.87. The summed E-state index contributed by atoms with van der Waals surface area (Å²) in [6, 6.07) is 4.31. The molecule has 0 aliphatic carbocycles. The molecule has 1 aromatic carbocycles. The second kappa shape index (κ2) is 6.12. The van der Waals surface area contributed by atoms with E-state index in [1.807, 2.05) is 6.92 Å². The second-order valence-electron chi connectivity index (χ2n) is 4.29. The fraction of sp³-hybridized carbons (Fsp3) is 0.250. The van der Waals surface area contributed by atoms with E-state index in [1.165, 1.54) is 29.1 Å². The molecule has 1 aromatic heterocycles. The lowest BCUT2D eigenvalue weighted by Gasteiger charge is -2.07. The molecule has 21 heavy (non-hydrogen) atoms. The zero-order valence-electron chi connectivity index (χ0n) is 11.2. The number of nitrogen functional groups attached to an aromatic ring is 1. The van der Waals surface area contributed by atoms with Crippen molar-refractivity contribution >= 4 is 31.8 Å². The van der Waals surface area contributed by atoms with E-state index >= 15 is 0 Å². The fourth-order valence-corrected chi connectivity index (χ4v) is 3.20. The third kappa shape index (κ3) is 3.60. The number of anilines is 1. The average Bonchev–Trinajstić information content (AvgIpc) is 2.82. The molecule has 9 heteroatoms. The van der Waals surface area contributed by atoms with Crippen LogP contribution >= 0.6 is 15.9 Å². The summed E-state index contributed by atoms with van der Waals surface area (Å²) in [6.07, 6.45) is 1.34. The van der Waals surface area contributed by atoms with Gasteiger partial charge in [-0.3, -0.25) is 4.68 Å². The molecule has 0 fully saturated rings. The SMILES string of the molecule is CCn1cc(S(=O)(=O)NCc2cc(Br)ccc2F)c(N)n1. The lowest BCUT2D eigenvalue weighted by Crippen LogP contribution is -2.24. The highest BCUT2D eigenvalue weighted by atomic mass is 79.9. The van der Waals surface area contributed by atoms with Gasteiger partial charge in [-0.1, -0.05) is 15.9 Å². The molecule has 0 atom stereocenters. The van der Waals surface area contributed by atoms with E-state index in [1.54, 1.807) is 0 Å². The Hall–Kier alpha value is -1.45. The van der Waals surface area contributed by atoms with Crippen molar-refractivity contribution in [2.45, 2.75) is 24.9 Å². The maximum Gasteiger partial charge on any atom is 0.246 e. The number of rotatable bonds is 5. The van der Waals surface area contributed by atoms with Crippen molar-refractivity contribution in [1.82, 2.24) is 14.5 Å². The first-order valence-corrected chi connectivity index (χ1v) is 8.37. The van der Waals surface area contributed by atoms with Crippen LogP contribution in [0.15, 0.2) is 33.8 Å². The van der Waals surface area contributed by atoms with Crippen LogP contribution in [0.5, 0.6) is 0 Å². The summed E-state index contributed by atoms with van der Waals surface area (Å²) in [6.45, 7) is 2.14. The van der Waals surface area contributed by atoms with E-state index in [9.17, 15) is 12.8 Å². The van der Waals surface area contributed by atoms with E-state index in [-0.39, 0.29) is 22.8 Å². The van der Waals surface area contributed by atoms with Crippen LogP contribution in [-0.2, 0) is 23.1 Å². The normalized spacial score (nSPS) is 11.8. The Labute approximate surface area is 130 Å². The highest BCUT2D eigenvalue weighted by Gasteiger charge is 2.21. The summed E-state index contributed by atoms with van der Waals surface area (Å²) in [5.74, 6) is -0.572. The first kappa shape index (κ1) is 15.9. The number of nitrogens with zero attached hydrogens (tertiary/aromatic N) is 2. The van der Waals surface area contributed by atoms with Gasteiger partial charge >= 0.3 is 0 Å². The Bertz CT molecular complexity index is 761. The molecule has 0 amide bonds. The van der Waals surface area contributed by atoms with Crippen molar-refractivity contribution in [3.63, 3.8) is 0 Å². The first-order valence-electron chi connectivity index (χ1n) is 6.10. The molecule has 6 nitrogen and oxygen atoms in total. The number of benzene rings is 1. The molecule has 0 saturated carbocycles. The Morgan fingerprint density at radius 1 is 1.48 bits per heavy atom. The average molecular weight is 377 g/mol. The van der Waals surface area contributed by atoms with E-state index < -0.39 is 15.8 Å². The quantitative estimate of drug-likeness (QED) is 0.833. The Morgan fingerprint density at radius 3 is 2.81 bits per heavy atom. The van der Waals surface area contributed by atoms with Crippen LogP contribution in [0.4, 0.5) is 10.2 Å². The lowest BCUT2D eigenvalue weighted by molar-refractivity contribution is 0.574. The van der Waals surface area contributed by atoms with Crippen LogP contribution in [0.2, 0.25) is 0 Å². The van der Waals surface area contributed by atoms with Crippen LogP contribution < -0.4 is 10.5 Å². The van der Waals surface area contributed by atoms with Crippen molar-refractivity contribution < 1.29 is 12.8 Å². The van der Waals surface area contributed by atoms with Gasteiger partial charge in [-0.2, -0.15) is 5.10 Å². The maximum atomic E-state index is 13.6. The van der Waals surface area contributed by atoms with Gasteiger partial charge in [-0.15, -0.1) is 0 Å². The summed E-state index contributed by atoms with van der Waals surface area (Å²) in [4.78, 5) is -0.111. The molecule has 3 N–H and O–H groups in total. The van der Waals surface area contributed by atoms with Gasteiger partial charge in [0.1, 0.15) is 10.7 Å². The van der Waals surface area contributed by atoms with Crippen molar-refractivity contribution in [2.24, 2.45) is 0 Å². The third-order valence-electron chi connectivity index (χ3n) is 2.83. The van der Waals surface area contributed by atoms with Gasteiger partial charge in [-0.25, -0.2) is 17.5 Å². The van der Waals surface area contributed by atoms with Gasteiger partial charge in [0.25, 0.3) is 0 Å². The Kier molecular flexibility index (Phi) is 4.64. The number of nitrogens with one attached hydrogen (secondary N) is 1. The highest BCUT2D eigenvalue weighted by molar-refractivity contribution is 9.10. The number of hydrogen-bond donors (Lipinski definition) is 2. The third-order valence-corrected chi connectivity index (χ3v) is 4.74. The molecule has 0 aliphatic heterocycles. The minimum Gasteiger partial charge on any atom is -0.381 e. The molecule has 114 valence electrons. The van der Waals surface area contributed by atoms with Crippen LogP contribution in [0.1, 0.15) is 12.5 Å². The van der Waals surface area contributed by atoms with E-state index in [4.69, 9.17) is 5.73 Å². The van der Waals surface area contributed by atoms with Gasteiger partial charge in [0, 0.05) is 29.3 Å². The minimum atomic E-state index is -3.85. The number of halogens is 2. The van der Waals surface area contributed by atoms with E-state index in [0.29, 0.717) is 11.0 Å². The Morgan fingerprint density at radius 2 is 2.19 bits per heavy atom. The maximum absolute atomic E-state index is 13.6. The van der Waals surface area contributed by atoms with Crippen molar-refractivity contribution in [3.8, 4) is 0 Å². The second-order valence-corrected chi connectivity index (χ2v) is 6.95. The predicted molar refractivity (Wildman–Crippen MR) is 80.4 cm³/mol. The zero-order chi connectivity index (χ0) is 15.6. The van der Waals surface area contributed by atoms with E-state index in [0.717, 1.165) is 0 Å². The minimum absolute atomic E-state index is 0.0842. The standard InChI is InChI=1S/C12H14BrFN4O2S/c1-2-18-7-11(12(15)17-18)21(19,20)16-6-8-5-9(13)3-4-10(8)14/h3-5,7,16H,2,6H2,1H3,(H2,15,17). The molecular formula is C12H14BrFN4O2S. The van der Waals surface area contributed by atoms with Gasteiger partial charge in [-0.05, 0) is 25.1 Å². The zero-order valence-corrected chi connectivity index (χ0v) is 13.6. The van der Waals surface area contributed by atoms with Crippen LogP contribution in [-0.4, -0.2) is 18.2 Å². The van der Waals surface area contributed by atoms with Gasteiger partial charge < -0.3 is 5.73 Å². The summed E-state index contributed by atoms with van der Waals surface area (Å²) >= 11 is 3.21. The van der Waals surface area contributed by atoms with Crippen molar-refractivity contribution in [3.05, 3.63) is 40.2 Å². The first-order chi connectivity index (χ1) is 9.83. The number of hydrogen-bond acceptors (Lipinski definition) is 4. The van der Waals surface area contributed by atoms with Crippen LogP contribution in [0.3, 0.4) is 0 Å². The number of aromatic nitrogens is 2. The molecular weight excluding hydrogens is 363 g/mol. The molecule has 2 rings (SSSR count). The topological polar surface area (TPSA) is 90.0 Å². The molecule has 2 aromatic rings. The molecule has 0 spiro atoms. The van der Waals surface area contributed by atoms with Gasteiger partial charge in [0.2, 0.25) is 10.0 Å². The van der Waals surface area contributed by atoms with Crippen LogP contribution in [0.25, 0.3) is 0 Å². The molecule has 1 heterocycles. The van der Waals surface area contributed by atoms with Crippen molar-refractivity contribution in [2.75, 3.05) is 5.73 Å². The molecule has 0 aliphatic rings. The molecule has 0 saturated heterocycles. The summed E-state index contributed by atoms with van der Waals surface area (Å²) in [5, 5.41) is 3.88. The summed E-state index contributed by atoms with van der Waals surface area (Å²) in [5.41, 5.74) is 5.82. The van der Waals surface area contributed by atoms with Crippen molar-refractivity contribution in [1.29, 1.82) is 0 Å². The number of nitrogens with two attached hydrogens (primary N) is 1. The smallest absolute Gasteiger partial charge is 0.246 e. The monoisotopic (exact) mass is 376 g/mol. The van der Waals surface area contributed by atoms with Gasteiger partial charge in [0.05, 0.1) is 0 Å². The lowest BCUT2D eigenvalue weighted by atomic mass is 10.2. The Balaban J connectivity index is 2.21. The highest BCUT2D eigenvalue weighted by Crippen LogP contribution is 2.18. The number of sulfonamides is 1. The van der Waals surface area contributed by atoms with E-state index in [2.05, 4.69) is 25.8 Å². The van der Waals surface area contributed by atoms with Crippen LogP contribution in [0, 0.1) is 5.82 Å². The number of aryl methyl sites for hydroxylation is 1. The molecule has 0 unspecified atom stereocenters. The summed E-state index contributed by atoms with van der Waals surface area (Å²) in [7, 11) is -3.85. The molecule has 0 bridgehead atoms. The molecule has 0 radical (unpaired) electrons. The fourth-order valence-electron chi connectivity index (χ4n) is 1.72. The van der Waals surface area contributed by atoms with Gasteiger partial charge in [0.15, 0.2) is 5.82 Å².